The molecule has 0 aliphatic carbocycles. The minimum atomic E-state index is 0.392. The van der Waals surface area contributed by atoms with Crippen molar-refractivity contribution in [2.24, 2.45) is 5.92 Å². The van der Waals surface area contributed by atoms with E-state index in [9.17, 15) is 4.79 Å². The third kappa shape index (κ3) is 4.07. The van der Waals surface area contributed by atoms with Crippen LogP contribution < -0.4 is 0 Å². The molecule has 0 aromatic heterocycles. The lowest BCUT2D eigenvalue weighted by molar-refractivity contribution is -0.120. The van der Waals surface area contributed by atoms with Crippen molar-refractivity contribution in [3.8, 4) is 0 Å². The Hall–Kier alpha value is -0.410. The molecule has 2 saturated heterocycles. The summed E-state index contributed by atoms with van der Waals surface area (Å²) in [6.07, 6.45) is 6.04. The van der Waals surface area contributed by atoms with Crippen molar-refractivity contribution in [3.05, 3.63) is 0 Å². The highest BCUT2D eigenvalue weighted by molar-refractivity contribution is 5.80. The van der Waals surface area contributed by atoms with Crippen molar-refractivity contribution < 1.29 is 4.79 Å². The van der Waals surface area contributed by atoms with Gasteiger partial charge in [0.1, 0.15) is 5.78 Å². The van der Waals surface area contributed by atoms with E-state index in [1.807, 2.05) is 6.92 Å². The third-order valence-corrected chi connectivity index (χ3v) is 4.22. The van der Waals surface area contributed by atoms with Gasteiger partial charge in [0.05, 0.1) is 6.54 Å². The number of rotatable bonds is 5. The van der Waals surface area contributed by atoms with Gasteiger partial charge in [0.25, 0.3) is 0 Å². The van der Waals surface area contributed by atoms with Crippen LogP contribution in [0, 0.1) is 5.92 Å². The number of ketones is 1. The molecule has 98 valence electrons. The van der Waals surface area contributed by atoms with Crippen molar-refractivity contribution in [1.29, 1.82) is 0 Å². The first kappa shape index (κ1) is 13.0. The first-order chi connectivity index (χ1) is 8.28. The van der Waals surface area contributed by atoms with Gasteiger partial charge in [-0.2, -0.15) is 0 Å². The number of carbonyl (C=O) groups excluding carboxylic acids is 1. The zero-order valence-corrected chi connectivity index (χ0v) is 11.2. The largest absolute Gasteiger partial charge is 0.303 e. The van der Waals surface area contributed by atoms with Gasteiger partial charge in [-0.1, -0.05) is 6.92 Å². The lowest BCUT2D eigenvalue weighted by Gasteiger charge is -2.33. The van der Waals surface area contributed by atoms with E-state index in [2.05, 4.69) is 9.80 Å². The topological polar surface area (TPSA) is 23.6 Å². The van der Waals surface area contributed by atoms with Gasteiger partial charge in [-0.25, -0.2) is 0 Å². The van der Waals surface area contributed by atoms with E-state index < -0.39 is 0 Å². The van der Waals surface area contributed by atoms with E-state index in [1.54, 1.807) is 0 Å². The van der Waals surface area contributed by atoms with Crippen LogP contribution in [0.4, 0.5) is 0 Å². The van der Waals surface area contributed by atoms with Crippen LogP contribution >= 0.6 is 0 Å². The van der Waals surface area contributed by atoms with E-state index in [1.165, 1.54) is 45.3 Å². The fourth-order valence-electron chi connectivity index (χ4n) is 3.02. The van der Waals surface area contributed by atoms with Crippen LogP contribution in [-0.4, -0.2) is 54.9 Å². The van der Waals surface area contributed by atoms with E-state index in [4.69, 9.17) is 0 Å². The molecular weight excluding hydrogens is 212 g/mol. The third-order valence-electron chi connectivity index (χ3n) is 4.22. The van der Waals surface area contributed by atoms with Crippen LogP contribution in [-0.2, 0) is 4.79 Å². The Bertz CT molecular complexity index is 241. The second-order valence-electron chi connectivity index (χ2n) is 5.62. The number of carbonyl (C=O) groups is 1. The van der Waals surface area contributed by atoms with Crippen LogP contribution in [0.1, 0.15) is 39.0 Å². The second kappa shape index (κ2) is 6.50. The highest BCUT2D eigenvalue weighted by Gasteiger charge is 2.23. The maximum Gasteiger partial charge on any atom is 0.146 e. The SMILES string of the molecule is CCC(=O)CN1CCC(CN2CCCC2)CC1. The number of likely N-dealkylation sites (tertiary alicyclic amines) is 2. The molecule has 0 unspecified atom stereocenters. The summed E-state index contributed by atoms with van der Waals surface area (Å²) in [6, 6.07) is 0. The number of nitrogens with zero attached hydrogens (tertiary/aromatic N) is 2. The molecule has 2 aliphatic heterocycles. The number of hydrogen-bond acceptors (Lipinski definition) is 3. The standard InChI is InChI=1S/C14H26N2O/c1-2-14(17)12-16-9-5-13(6-10-16)11-15-7-3-4-8-15/h13H,2-12H2,1H3. The minimum Gasteiger partial charge on any atom is -0.303 e. The van der Waals surface area contributed by atoms with Gasteiger partial charge in [-0.3, -0.25) is 9.69 Å². The van der Waals surface area contributed by atoms with Gasteiger partial charge < -0.3 is 4.90 Å². The summed E-state index contributed by atoms with van der Waals surface area (Å²) in [5.41, 5.74) is 0. The molecule has 2 aliphatic rings. The Morgan fingerprint density at radius 2 is 1.71 bits per heavy atom. The highest BCUT2D eigenvalue weighted by Crippen LogP contribution is 2.20. The van der Waals surface area contributed by atoms with E-state index in [0.717, 1.165) is 19.0 Å². The molecule has 3 nitrogen and oxygen atoms in total. The summed E-state index contributed by atoms with van der Waals surface area (Å²) in [7, 11) is 0. The molecule has 2 rings (SSSR count). The molecule has 0 spiro atoms. The van der Waals surface area contributed by atoms with Crippen LogP contribution in [0.2, 0.25) is 0 Å². The van der Waals surface area contributed by atoms with Gasteiger partial charge in [0.2, 0.25) is 0 Å². The predicted octanol–water partition coefficient (Wildman–Crippen LogP) is 1.77. The second-order valence-corrected chi connectivity index (χ2v) is 5.62. The highest BCUT2D eigenvalue weighted by atomic mass is 16.1. The van der Waals surface area contributed by atoms with Crippen molar-refractivity contribution in [2.75, 3.05) is 39.3 Å². The molecule has 0 radical (unpaired) electrons. The molecule has 0 aromatic carbocycles. The Balaban J connectivity index is 1.65. The maximum absolute atomic E-state index is 11.4. The van der Waals surface area contributed by atoms with Crippen LogP contribution in [0.3, 0.4) is 0 Å². The molecule has 0 N–H and O–H groups in total. The monoisotopic (exact) mass is 238 g/mol. The summed E-state index contributed by atoms with van der Waals surface area (Å²) in [4.78, 5) is 16.4. The number of hydrogen-bond donors (Lipinski definition) is 0. The number of Topliss-reactive ketones (excluding diaryl/α,β-unsaturated/α-hetero) is 1. The first-order valence-corrected chi connectivity index (χ1v) is 7.24. The molecule has 2 fully saturated rings. The zero-order valence-electron chi connectivity index (χ0n) is 11.2. The predicted molar refractivity (Wildman–Crippen MR) is 70.1 cm³/mol. The van der Waals surface area contributed by atoms with Gasteiger partial charge in [-0.05, 0) is 57.8 Å². The lowest BCUT2D eigenvalue weighted by atomic mass is 9.96. The fourth-order valence-corrected chi connectivity index (χ4v) is 3.02. The van der Waals surface area contributed by atoms with Crippen molar-refractivity contribution in [3.63, 3.8) is 0 Å². The molecule has 0 saturated carbocycles. The Morgan fingerprint density at radius 3 is 2.29 bits per heavy atom. The van der Waals surface area contributed by atoms with Crippen LogP contribution in [0.15, 0.2) is 0 Å². The van der Waals surface area contributed by atoms with E-state index in [-0.39, 0.29) is 0 Å². The van der Waals surface area contributed by atoms with Gasteiger partial charge in [0, 0.05) is 13.0 Å². The van der Waals surface area contributed by atoms with Gasteiger partial charge in [0.15, 0.2) is 0 Å². The number of piperidine rings is 1. The lowest BCUT2D eigenvalue weighted by Crippen LogP contribution is -2.40. The average Bonchev–Trinajstić information content (AvgIpc) is 2.84. The van der Waals surface area contributed by atoms with Crippen molar-refractivity contribution in [2.45, 2.75) is 39.0 Å². The molecule has 3 heteroatoms. The average molecular weight is 238 g/mol. The van der Waals surface area contributed by atoms with E-state index >= 15 is 0 Å². The normalized spacial score (nSPS) is 24.3. The molecular formula is C14H26N2O. The summed E-state index contributed by atoms with van der Waals surface area (Å²) in [6.45, 7) is 8.84. The summed E-state index contributed by atoms with van der Waals surface area (Å²) < 4.78 is 0. The van der Waals surface area contributed by atoms with Crippen LogP contribution in [0.5, 0.6) is 0 Å². The van der Waals surface area contributed by atoms with Crippen LogP contribution in [0.25, 0.3) is 0 Å². The Labute approximate surface area is 105 Å². The molecule has 17 heavy (non-hydrogen) atoms. The van der Waals surface area contributed by atoms with Crippen molar-refractivity contribution >= 4 is 5.78 Å². The molecule has 0 amide bonds. The zero-order chi connectivity index (χ0) is 12.1. The maximum atomic E-state index is 11.4. The molecule has 0 bridgehead atoms. The summed E-state index contributed by atoms with van der Waals surface area (Å²) in [5, 5.41) is 0. The summed E-state index contributed by atoms with van der Waals surface area (Å²) >= 11 is 0. The van der Waals surface area contributed by atoms with Gasteiger partial charge >= 0.3 is 0 Å². The molecule has 2 heterocycles. The van der Waals surface area contributed by atoms with Crippen molar-refractivity contribution in [1.82, 2.24) is 9.80 Å². The molecule has 0 aromatic rings. The minimum absolute atomic E-state index is 0.392. The quantitative estimate of drug-likeness (QED) is 0.729. The first-order valence-electron chi connectivity index (χ1n) is 7.24. The molecule has 0 atom stereocenters. The summed E-state index contributed by atoms with van der Waals surface area (Å²) in [5.74, 6) is 1.27. The Kier molecular flexibility index (Phi) is 4.99. The fraction of sp³-hybridized carbons (Fsp3) is 0.929. The van der Waals surface area contributed by atoms with Gasteiger partial charge in [-0.15, -0.1) is 0 Å². The Morgan fingerprint density at radius 1 is 1.06 bits per heavy atom. The van der Waals surface area contributed by atoms with E-state index in [0.29, 0.717) is 18.7 Å². The smallest absolute Gasteiger partial charge is 0.146 e.